The lowest BCUT2D eigenvalue weighted by Gasteiger charge is -2.07. The minimum Gasteiger partial charge on any atom is -0.454 e. The van der Waals surface area contributed by atoms with Crippen LogP contribution in [0.15, 0.2) is 24.3 Å². The molecular weight excluding hydrogens is 214 g/mol. The van der Waals surface area contributed by atoms with Gasteiger partial charge in [-0.3, -0.25) is 0 Å². The smallest absolute Gasteiger partial charge is 0.231 e. The number of hydrogen-bond donors (Lipinski definition) is 1. The number of ether oxygens (including phenoxy) is 2. The van der Waals surface area contributed by atoms with Gasteiger partial charge in [0.2, 0.25) is 6.79 Å². The van der Waals surface area contributed by atoms with Crippen LogP contribution >= 0.6 is 0 Å². The summed E-state index contributed by atoms with van der Waals surface area (Å²) in [6.07, 6.45) is 5.42. The Labute approximate surface area is 102 Å². The maximum absolute atomic E-state index is 5.34. The summed E-state index contributed by atoms with van der Waals surface area (Å²) in [6, 6.07) is 6.38. The molecule has 3 nitrogen and oxygen atoms in total. The average molecular weight is 233 g/mol. The summed E-state index contributed by atoms with van der Waals surface area (Å²) in [5.74, 6) is 1.67. The van der Waals surface area contributed by atoms with Crippen LogP contribution < -0.4 is 14.8 Å². The minimum atomic E-state index is 0.330. The summed E-state index contributed by atoms with van der Waals surface area (Å²) in [5, 5.41) is 3.41. The van der Waals surface area contributed by atoms with E-state index in [1.54, 1.807) is 0 Å². The van der Waals surface area contributed by atoms with Crippen molar-refractivity contribution in [2.24, 2.45) is 0 Å². The standard InChI is InChI=1S/C14H19NO2/c1-3-8-15-11(2)4-5-12-6-7-13-14(9-12)17-10-16-13/h4-7,9,11,15H,3,8,10H2,1-2H3/b5-4+. The first-order valence-corrected chi connectivity index (χ1v) is 6.11. The number of benzene rings is 1. The van der Waals surface area contributed by atoms with Crippen molar-refractivity contribution in [3.63, 3.8) is 0 Å². The van der Waals surface area contributed by atoms with E-state index in [9.17, 15) is 0 Å². The molecule has 3 heteroatoms. The lowest BCUT2D eigenvalue weighted by molar-refractivity contribution is 0.174. The predicted molar refractivity (Wildman–Crippen MR) is 69.4 cm³/mol. The van der Waals surface area contributed by atoms with Crippen molar-refractivity contribution < 1.29 is 9.47 Å². The van der Waals surface area contributed by atoms with E-state index < -0.39 is 0 Å². The molecule has 1 aromatic rings. The van der Waals surface area contributed by atoms with Crippen molar-refractivity contribution in [2.45, 2.75) is 26.3 Å². The fourth-order valence-electron chi connectivity index (χ4n) is 1.71. The van der Waals surface area contributed by atoms with Gasteiger partial charge in [0.05, 0.1) is 0 Å². The Morgan fingerprint density at radius 3 is 3.00 bits per heavy atom. The summed E-state index contributed by atoms with van der Waals surface area (Å²) in [4.78, 5) is 0. The third kappa shape index (κ3) is 3.24. The van der Waals surface area contributed by atoms with Crippen LogP contribution in [0, 0.1) is 0 Å². The molecule has 0 aromatic heterocycles. The number of nitrogens with one attached hydrogen (secondary N) is 1. The summed E-state index contributed by atoms with van der Waals surface area (Å²) in [5.41, 5.74) is 1.14. The lowest BCUT2D eigenvalue weighted by atomic mass is 10.1. The molecular formula is C14H19NO2. The average Bonchev–Trinajstić information content (AvgIpc) is 2.81. The van der Waals surface area contributed by atoms with Crippen molar-refractivity contribution in [3.05, 3.63) is 29.8 Å². The van der Waals surface area contributed by atoms with Gasteiger partial charge in [0.1, 0.15) is 0 Å². The second-order valence-electron chi connectivity index (χ2n) is 4.21. The number of hydrogen-bond acceptors (Lipinski definition) is 3. The third-order valence-corrected chi connectivity index (χ3v) is 2.69. The highest BCUT2D eigenvalue weighted by atomic mass is 16.7. The molecule has 1 aromatic carbocycles. The molecule has 0 spiro atoms. The zero-order valence-corrected chi connectivity index (χ0v) is 10.4. The summed E-state index contributed by atoms with van der Waals surface area (Å²) in [6.45, 7) is 5.70. The van der Waals surface area contributed by atoms with E-state index in [1.807, 2.05) is 18.2 Å². The Balaban J connectivity index is 1.96. The molecule has 0 saturated heterocycles. The SMILES string of the molecule is CCCNC(C)/C=C/c1ccc2c(c1)OCO2. The van der Waals surface area contributed by atoms with E-state index in [4.69, 9.17) is 9.47 Å². The zero-order chi connectivity index (χ0) is 12.1. The van der Waals surface area contributed by atoms with Gasteiger partial charge >= 0.3 is 0 Å². The molecule has 1 atom stereocenters. The maximum Gasteiger partial charge on any atom is 0.231 e. The molecule has 0 amide bonds. The highest BCUT2D eigenvalue weighted by Gasteiger charge is 2.12. The van der Waals surface area contributed by atoms with E-state index in [0.717, 1.165) is 30.0 Å². The van der Waals surface area contributed by atoms with Crippen LogP contribution in [0.3, 0.4) is 0 Å². The first kappa shape index (κ1) is 12.0. The summed E-state index contributed by atoms with van der Waals surface area (Å²) in [7, 11) is 0. The second kappa shape index (κ2) is 5.73. The molecule has 0 fully saturated rings. The first-order valence-electron chi connectivity index (χ1n) is 6.11. The van der Waals surface area contributed by atoms with E-state index >= 15 is 0 Å². The van der Waals surface area contributed by atoms with Crippen LogP contribution in [0.4, 0.5) is 0 Å². The highest BCUT2D eigenvalue weighted by Crippen LogP contribution is 2.32. The molecule has 0 saturated carbocycles. The van der Waals surface area contributed by atoms with Gasteiger partial charge in [-0.05, 0) is 37.6 Å². The molecule has 1 unspecified atom stereocenters. The minimum absolute atomic E-state index is 0.330. The molecule has 0 radical (unpaired) electrons. The molecule has 1 N–H and O–H groups in total. The van der Waals surface area contributed by atoms with Gasteiger partial charge in [0, 0.05) is 6.04 Å². The van der Waals surface area contributed by atoms with Crippen LogP contribution in [-0.2, 0) is 0 Å². The Hall–Kier alpha value is -1.48. The molecule has 1 aliphatic rings. The maximum atomic E-state index is 5.34. The summed E-state index contributed by atoms with van der Waals surface area (Å²) >= 11 is 0. The fraction of sp³-hybridized carbons (Fsp3) is 0.429. The van der Waals surface area contributed by atoms with Crippen LogP contribution in [-0.4, -0.2) is 19.4 Å². The van der Waals surface area contributed by atoms with Gasteiger partial charge in [0.15, 0.2) is 11.5 Å². The predicted octanol–water partition coefficient (Wildman–Crippen LogP) is 2.82. The Kier molecular flexibility index (Phi) is 4.04. The Morgan fingerprint density at radius 2 is 2.18 bits per heavy atom. The van der Waals surface area contributed by atoms with Crippen molar-refractivity contribution in [3.8, 4) is 11.5 Å². The number of rotatable bonds is 5. The fourth-order valence-corrected chi connectivity index (χ4v) is 1.71. The van der Waals surface area contributed by atoms with Crippen LogP contribution in [0.2, 0.25) is 0 Å². The highest BCUT2D eigenvalue weighted by molar-refractivity contribution is 5.56. The number of fused-ring (bicyclic) bond motifs is 1. The third-order valence-electron chi connectivity index (χ3n) is 2.69. The molecule has 1 heterocycles. The second-order valence-corrected chi connectivity index (χ2v) is 4.21. The van der Waals surface area contributed by atoms with Gasteiger partial charge in [-0.15, -0.1) is 0 Å². The quantitative estimate of drug-likeness (QED) is 0.848. The normalized spacial score (nSPS) is 15.4. The van der Waals surface area contributed by atoms with E-state index in [1.165, 1.54) is 0 Å². The molecule has 0 bridgehead atoms. The molecule has 0 aliphatic carbocycles. The lowest BCUT2D eigenvalue weighted by Crippen LogP contribution is -2.24. The van der Waals surface area contributed by atoms with Gasteiger partial charge < -0.3 is 14.8 Å². The first-order chi connectivity index (χ1) is 8.29. The van der Waals surface area contributed by atoms with Crippen molar-refractivity contribution in [2.75, 3.05) is 13.3 Å². The van der Waals surface area contributed by atoms with Gasteiger partial charge in [0.25, 0.3) is 0 Å². The van der Waals surface area contributed by atoms with E-state index in [0.29, 0.717) is 12.8 Å². The Bertz CT molecular complexity index is 401. The largest absolute Gasteiger partial charge is 0.454 e. The van der Waals surface area contributed by atoms with Gasteiger partial charge in [-0.1, -0.05) is 25.1 Å². The van der Waals surface area contributed by atoms with Crippen LogP contribution in [0.25, 0.3) is 6.08 Å². The Morgan fingerprint density at radius 1 is 1.35 bits per heavy atom. The van der Waals surface area contributed by atoms with Crippen molar-refractivity contribution >= 4 is 6.08 Å². The van der Waals surface area contributed by atoms with Crippen LogP contribution in [0.5, 0.6) is 11.5 Å². The molecule has 17 heavy (non-hydrogen) atoms. The molecule has 1 aliphatic heterocycles. The van der Waals surface area contributed by atoms with Gasteiger partial charge in [-0.25, -0.2) is 0 Å². The van der Waals surface area contributed by atoms with E-state index in [-0.39, 0.29) is 0 Å². The monoisotopic (exact) mass is 233 g/mol. The van der Waals surface area contributed by atoms with E-state index in [2.05, 4.69) is 31.3 Å². The van der Waals surface area contributed by atoms with Gasteiger partial charge in [-0.2, -0.15) is 0 Å². The van der Waals surface area contributed by atoms with Crippen LogP contribution in [0.1, 0.15) is 25.8 Å². The summed E-state index contributed by atoms with van der Waals surface area (Å²) < 4.78 is 10.6. The topological polar surface area (TPSA) is 30.5 Å². The molecule has 2 rings (SSSR count). The molecule has 92 valence electrons. The van der Waals surface area contributed by atoms with Crippen molar-refractivity contribution in [1.82, 2.24) is 5.32 Å². The zero-order valence-electron chi connectivity index (χ0n) is 10.4. The van der Waals surface area contributed by atoms with Crippen molar-refractivity contribution in [1.29, 1.82) is 0 Å².